The summed E-state index contributed by atoms with van der Waals surface area (Å²) in [4.78, 5) is 55.5. The van der Waals surface area contributed by atoms with Crippen LogP contribution in [0, 0.1) is 11.6 Å². The molecule has 11 nitrogen and oxygen atoms in total. The van der Waals surface area contributed by atoms with Gasteiger partial charge in [-0.15, -0.1) is 0 Å². The zero-order valence-electron chi connectivity index (χ0n) is 29.1. The molecule has 0 saturated carbocycles. The van der Waals surface area contributed by atoms with E-state index in [0.29, 0.717) is 11.4 Å². The molecular weight excluding hydrogens is 670 g/mol. The monoisotopic (exact) mass is 708 g/mol. The lowest BCUT2D eigenvalue weighted by Gasteiger charge is -2.47. The Balaban J connectivity index is 1.73. The first-order valence-electron chi connectivity index (χ1n) is 16.4. The van der Waals surface area contributed by atoms with Crippen LogP contribution in [-0.4, -0.2) is 74.9 Å². The number of benzene rings is 2. The summed E-state index contributed by atoms with van der Waals surface area (Å²) >= 11 is 6.80. The first kappa shape index (κ1) is 35.1. The second kappa shape index (κ2) is 12.5. The molecule has 4 heterocycles. The molecule has 6 rings (SSSR count). The van der Waals surface area contributed by atoms with Crippen LogP contribution in [0.5, 0.6) is 5.75 Å². The van der Waals surface area contributed by atoms with Gasteiger partial charge in [-0.2, -0.15) is 0 Å². The molecule has 0 spiro atoms. The molecule has 2 aromatic carbocycles. The van der Waals surface area contributed by atoms with Gasteiger partial charge in [-0.05, 0) is 50.8 Å². The van der Waals surface area contributed by atoms with Crippen molar-refractivity contribution < 1.29 is 28.2 Å². The topological polar surface area (TPSA) is 121 Å². The summed E-state index contributed by atoms with van der Waals surface area (Å²) in [5.74, 6) is -3.49. The fourth-order valence-corrected chi connectivity index (χ4v) is 7.10. The summed E-state index contributed by atoms with van der Waals surface area (Å²) in [7, 11) is 1.46. The Morgan fingerprint density at radius 2 is 1.64 bits per heavy atom. The number of carbonyl (C=O) groups is 2. The van der Waals surface area contributed by atoms with E-state index in [2.05, 4.69) is 9.97 Å². The van der Waals surface area contributed by atoms with Crippen molar-refractivity contribution in [3.8, 4) is 22.6 Å². The van der Waals surface area contributed by atoms with E-state index in [0.717, 1.165) is 10.6 Å². The molecule has 0 unspecified atom stereocenters. The molecule has 1 saturated heterocycles. The number of carbonyl (C=O) groups excluding carboxylic acids is 2. The fourth-order valence-electron chi connectivity index (χ4n) is 6.81. The summed E-state index contributed by atoms with van der Waals surface area (Å²) < 4.78 is 39.6. The Morgan fingerprint density at radius 3 is 2.22 bits per heavy atom. The molecule has 1 N–H and O–H groups in total. The molecule has 264 valence electrons. The van der Waals surface area contributed by atoms with Gasteiger partial charge in [0, 0.05) is 31.1 Å². The predicted molar refractivity (Wildman–Crippen MR) is 188 cm³/mol. The second-order valence-corrected chi connectivity index (χ2v) is 14.7. The highest BCUT2D eigenvalue weighted by Gasteiger charge is 2.45. The van der Waals surface area contributed by atoms with Crippen molar-refractivity contribution in [2.45, 2.75) is 71.9 Å². The number of anilines is 2. The van der Waals surface area contributed by atoms with E-state index in [9.17, 15) is 14.7 Å². The van der Waals surface area contributed by atoms with Gasteiger partial charge in [-0.1, -0.05) is 45.4 Å². The van der Waals surface area contributed by atoms with Gasteiger partial charge < -0.3 is 24.5 Å². The van der Waals surface area contributed by atoms with Crippen molar-refractivity contribution >= 4 is 45.9 Å². The number of fused-ring (bicyclic) bond motifs is 5. The van der Waals surface area contributed by atoms with Crippen LogP contribution in [0.3, 0.4) is 0 Å². The van der Waals surface area contributed by atoms with E-state index < -0.39 is 57.7 Å². The third-order valence-electron chi connectivity index (χ3n) is 9.01. The molecule has 2 aromatic heterocycles. The number of halogens is 3. The van der Waals surface area contributed by atoms with Gasteiger partial charge in [0.15, 0.2) is 5.82 Å². The lowest BCUT2D eigenvalue weighted by atomic mass is 9.95. The highest BCUT2D eigenvalue weighted by Crippen LogP contribution is 2.47. The lowest BCUT2D eigenvalue weighted by molar-refractivity contribution is -0.120. The molecule has 1 atom stereocenters. The van der Waals surface area contributed by atoms with Crippen LogP contribution in [0.2, 0.25) is 5.02 Å². The summed E-state index contributed by atoms with van der Waals surface area (Å²) in [6.07, 6.45) is 0.800. The highest BCUT2D eigenvalue weighted by atomic mass is 35.5. The number of phenolic OH excluding ortho intramolecular Hbond substituents is 1. The number of pyridine rings is 1. The number of nitrogens with zero attached hydrogens (tertiary/aromatic N) is 6. The van der Waals surface area contributed by atoms with E-state index in [1.165, 1.54) is 41.4 Å². The molecule has 2 amide bonds. The Hall–Kier alpha value is -4.78. The number of piperazine rings is 1. The van der Waals surface area contributed by atoms with Crippen LogP contribution in [0.15, 0.2) is 35.4 Å². The van der Waals surface area contributed by atoms with E-state index in [4.69, 9.17) is 16.3 Å². The number of likely N-dealkylation sites (N-methyl/N-ethyl adjacent to an activating group) is 1. The molecule has 0 radical (unpaired) electrons. The predicted octanol–water partition coefficient (Wildman–Crippen LogP) is 6.73. The first-order valence-corrected chi connectivity index (χ1v) is 16.8. The Morgan fingerprint density at radius 1 is 1.00 bits per heavy atom. The van der Waals surface area contributed by atoms with Crippen LogP contribution in [0.4, 0.5) is 25.0 Å². The van der Waals surface area contributed by atoms with Crippen LogP contribution < -0.4 is 15.4 Å². The minimum Gasteiger partial charge on any atom is -0.507 e. The molecule has 1 fully saturated rings. The van der Waals surface area contributed by atoms with Crippen LogP contribution >= 0.6 is 11.6 Å². The fraction of sp³-hybridized carbons (Fsp3) is 0.417. The highest BCUT2D eigenvalue weighted by molar-refractivity contribution is 6.35. The van der Waals surface area contributed by atoms with Crippen LogP contribution in [0.1, 0.15) is 71.7 Å². The number of rotatable bonds is 4. The third-order valence-corrected chi connectivity index (χ3v) is 9.31. The maximum Gasteiger partial charge on any atom is 0.410 e. The number of hydrogen-bond donors (Lipinski definition) is 1. The number of aromatic hydroxyl groups is 1. The number of phenols is 1. The average molecular weight is 709 g/mol. The van der Waals surface area contributed by atoms with E-state index in [1.54, 1.807) is 25.7 Å². The maximum absolute atomic E-state index is 17.5. The van der Waals surface area contributed by atoms with E-state index >= 15 is 13.6 Å². The van der Waals surface area contributed by atoms with Crippen molar-refractivity contribution in [1.29, 1.82) is 0 Å². The zero-order chi connectivity index (χ0) is 36.6. The van der Waals surface area contributed by atoms with Crippen molar-refractivity contribution in [3.05, 3.63) is 69.0 Å². The standard InChI is InChI=1S/C36H39ClF2N6O5/c1-17(2)27-31(28(18(3)4)41-16-40-27)45-29-19(14-20(37)24(26(29)39)25-21(38)10-9-11-23(25)46)30-32(34(45)48)42(8)33(47)22-15-43(12-13-44(22)30)35(49)50-36(5,6)7/h9-11,14,16-18,22,46H,12-13,15H2,1-8H3/t22-/m1/s1. The van der Waals surface area contributed by atoms with Crippen molar-refractivity contribution in [2.75, 3.05) is 36.5 Å². The molecule has 0 bridgehead atoms. The van der Waals surface area contributed by atoms with Gasteiger partial charge in [0.1, 0.15) is 35.2 Å². The molecule has 4 aromatic rings. The summed E-state index contributed by atoms with van der Waals surface area (Å²) in [6, 6.07) is 4.05. The van der Waals surface area contributed by atoms with Gasteiger partial charge in [0.2, 0.25) is 0 Å². The average Bonchev–Trinajstić information content (AvgIpc) is 3.03. The summed E-state index contributed by atoms with van der Waals surface area (Å²) in [5, 5.41) is 10.7. The SMILES string of the molecule is CC(C)c1ncnc(C(C)C)c1-n1c(=O)c2c(c3cc(Cl)c(-c4c(O)cccc4F)c(F)c31)N1CCN(C(=O)OC(C)(C)C)C[C@@H]1C(=O)N2C. The minimum atomic E-state index is -1.07. The third kappa shape index (κ3) is 5.61. The van der Waals surface area contributed by atoms with E-state index in [-0.39, 0.29) is 64.5 Å². The Bertz CT molecular complexity index is 2080. The quantitative estimate of drug-likeness (QED) is 0.248. The summed E-state index contributed by atoms with van der Waals surface area (Å²) in [5.41, 5.74) is -1.34. The largest absolute Gasteiger partial charge is 0.507 e. The molecular formula is C36H39ClF2N6O5. The smallest absolute Gasteiger partial charge is 0.410 e. The van der Waals surface area contributed by atoms with Crippen molar-refractivity contribution in [1.82, 2.24) is 19.4 Å². The number of hydrogen-bond acceptors (Lipinski definition) is 8. The first-order chi connectivity index (χ1) is 23.4. The summed E-state index contributed by atoms with van der Waals surface area (Å²) in [6.45, 7) is 12.9. The molecule has 0 aliphatic carbocycles. The van der Waals surface area contributed by atoms with Crippen LogP contribution in [-0.2, 0) is 9.53 Å². The Kier molecular flexibility index (Phi) is 8.78. The number of ether oxygens (including phenoxy) is 1. The number of amides is 2. The molecule has 14 heteroatoms. The van der Waals surface area contributed by atoms with Crippen LogP contribution in [0.25, 0.3) is 27.7 Å². The van der Waals surface area contributed by atoms with Gasteiger partial charge in [0.25, 0.3) is 11.5 Å². The maximum atomic E-state index is 17.5. The van der Waals surface area contributed by atoms with E-state index in [1.807, 2.05) is 27.7 Å². The van der Waals surface area contributed by atoms with Gasteiger partial charge in [0.05, 0.1) is 45.4 Å². The molecule has 50 heavy (non-hydrogen) atoms. The van der Waals surface area contributed by atoms with Crippen molar-refractivity contribution in [3.63, 3.8) is 0 Å². The minimum absolute atomic E-state index is 0.0327. The molecule has 2 aliphatic rings. The van der Waals surface area contributed by atoms with Gasteiger partial charge in [-0.3, -0.25) is 14.2 Å². The lowest BCUT2D eigenvalue weighted by Crippen LogP contribution is -2.64. The zero-order valence-corrected chi connectivity index (χ0v) is 29.9. The van der Waals surface area contributed by atoms with Gasteiger partial charge >= 0.3 is 6.09 Å². The van der Waals surface area contributed by atoms with Gasteiger partial charge in [-0.25, -0.2) is 23.5 Å². The number of aromatic nitrogens is 3. The Labute approximate surface area is 293 Å². The second-order valence-electron chi connectivity index (χ2n) is 14.3. The van der Waals surface area contributed by atoms with Crippen molar-refractivity contribution in [2.24, 2.45) is 0 Å². The molecule has 2 aliphatic heterocycles. The normalized spacial score (nSPS) is 16.4.